The van der Waals surface area contributed by atoms with Crippen molar-refractivity contribution in [3.8, 4) is 5.75 Å². The maximum Gasteiger partial charge on any atom is 0.354 e. The molecule has 0 aliphatic heterocycles. The van der Waals surface area contributed by atoms with Crippen molar-refractivity contribution in [1.29, 1.82) is 0 Å². The van der Waals surface area contributed by atoms with Crippen molar-refractivity contribution < 1.29 is 19.4 Å². The van der Waals surface area contributed by atoms with E-state index >= 15 is 0 Å². The Balaban J connectivity index is 2.95. The molecule has 0 bridgehead atoms. The van der Waals surface area contributed by atoms with Crippen LogP contribution in [0.2, 0.25) is 0 Å². The number of aliphatic hydroxyl groups is 1. The van der Waals surface area contributed by atoms with Crippen molar-refractivity contribution in [3.63, 3.8) is 0 Å². The van der Waals surface area contributed by atoms with Crippen LogP contribution in [0.25, 0.3) is 10.9 Å². The monoisotopic (exact) mass is 291 g/mol. The molecule has 2 rings (SSSR count). The molecule has 0 amide bonds. The summed E-state index contributed by atoms with van der Waals surface area (Å²) in [6, 6.07) is 1.81. The van der Waals surface area contributed by atoms with Gasteiger partial charge in [0.2, 0.25) is 0 Å². The highest BCUT2D eigenvalue weighted by Gasteiger charge is 2.22. The van der Waals surface area contributed by atoms with Crippen LogP contribution in [0.4, 0.5) is 0 Å². The predicted molar refractivity (Wildman–Crippen MR) is 80.8 cm³/mol. The van der Waals surface area contributed by atoms with Crippen LogP contribution in [0, 0.1) is 6.92 Å². The summed E-state index contributed by atoms with van der Waals surface area (Å²) < 4.78 is 12.2. The average molecular weight is 291 g/mol. The summed E-state index contributed by atoms with van der Waals surface area (Å²) >= 11 is 0. The van der Waals surface area contributed by atoms with Gasteiger partial charge in [-0.1, -0.05) is 6.92 Å². The normalized spacial score (nSPS) is 11.0. The minimum atomic E-state index is -0.375. The van der Waals surface area contributed by atoms with Crippen LogP contribution in [0.15, 0.2) is 6.07 Å². The highest BCUT2D eigenvalue weighted by molar-refractivity contribution is 5.99. The first-order chi connectivity index (χ1) is 10.0. The van der Waals surface area contributed by atoms with E-state index in [2.05, 4.69) is 0 Å². The molecule has 0 saturated carbocycles. The van der Waals surface area contributed by atoms with Gasteiger partial charge in [-0.2, -0.15) is 0 Å². The van der Waals surface area contributed by atoms with Crippen LogP contribution < -0.4 is 4.74 Å². The Morgan fingerprint density at radius 2 is 2.00 bits per heavy atom. The van der Waals surface area contributed by atoms with E-state index in [-0.39, 0.29) is 12.6 Å². The van der Waals surface area contributed by atoms with Gasteiger partial charge >= 0.3 is 5.97 Å². The van der Waals surface area contributed by atoms with Crippen molar-refractivity contribution >= 4 is 16.9 Å². The molecule has 2 aromatic rings. The molecule has 0 spiro atoms. The maximum absolute atomic E-state index is 11.9. The number of hydrogen-bond donors (Lipinski definition) is 1. The van der Waals surface area contributed by atoms with Gasteiger partial charge < -0.3 is 19.1 Å². The lowest BCUT2D eigenvalue weighted by Crippen LogP contribution is -2.08. The fraction of sp³-hybridized carbons (Fsp3) is 0.438. The molecule has 0 radical (unpaired) electrons. The minimum Gasteiger partial charge on any atom is -0.496 e. The van der Waals surface area contributed by atoms with Gasteiger partial charge in [0, 0.05) is 23.6 Å². The SMILES string of the molecule is CCc1c(OC)c(CO)c(C)c2cc(C(=O)OC)n(C)c12. The molecule has 1 aromatic heterocycles. The number of esters is 1. The topological polar surface area (TPSA) is 60.7 Å². The third kappa shape index (κ3) is 2.17. The summed E-state index contributed by atoms with van der Waals surface area (Å²) in [7, 11) is 4.81. The number of fused-ring (bicyclic) bond motifs is 1. The van der Waals surface area contributed by atoms with Gasteiger partial charge in [-0.25, -0.2) is 4.79 Å². The fourth-order valence-electron chi connectivity index (χ4n) is 2.94. The van der Waals surface area contributed by atoms with E-state index in [4.69, 9.17) is 9.47 Å². The third-order valence-electron chi connectivity index (χ3n) is 4.03. The second kappa shape index (κ2) is 5.77. The van der Waals surface area contributed by atoms with E-state index in [1.54, 1.807) is 7.11 Å². The summed E-state index contributed by atoms with van der Waals surface area (Å²) in [4.78, 5) is 11.9. The Labute approximate surface area is 124 Å². The van der Waals surface area contributed by atoms with Gasteiger partial charge in [-0.05, 0) is 25.0 Å². The average Bonchev–Trinajstić information content (AvgIpc) is 2.84. The lowest BCUT2D eigenvalue weighted by Gasteiger charge is -2.17. The lowest BCUT2D eigenvalue weighted by atomic mass is 9.97. The van der Waals surface area contributed by atoms with E-state index < -0.39 is 0 Å². The Morgan fingerprint density at radius 3 is 2.48 bits per heavy atom. The lowest BCUT2D eigenvalue weighted by molar-refractivity contribution is 0.0590. The Hall–Kier alpha value is -2.01. The molecule has 114 valence electrons. The van der Waals surface area contributed by atoms with Gasteiger partial charge in [0.1, 0.15) is 11.4 Å². The molecule has 0 aliphatic rings. The molecule has 1 aromatic carbocycles. The molecule has 0 atom stereocenters. The Kier molecular flexibility index (Phi) is 4.23. The summed E-state index contributed by atoms with van der Waals surface area (Å²) in [6.07, 6.45) is 0.741. The van der Waals surface area contributed by atoms with Crippen LogP contribution in [-0.4, -0.2) is 29.9 Å². The van der Waals surface area contributed by atoms with Crippen molar-refractivity contribution in [3.05, 3.63) is 28.5 Å². The van der Waals surface area contributed by atoms with Gasteiger partial charge in [0.25, 0.3) is 0 Å². The largest absolute Gasteiger partial charge is 0.496 e. The molecular formula is C16H21NO4. The van der Waals surface area contributed by atoms with Gasteiger partial charge in [0.05, 0.1) is 26.3 Å². The number of aryl methyl sites for hydroxylation is 3. The fourth-order valence-corrected chi connectivity index (χ4v) is 2.94. The first kappa shape index (κ1) is 15.4. The molecule has 0 unspecified atom stereocenters. The van der Waals surface area contributed by atoms with E-state index in [1.807, 2.05) is 31.5 Å². The van der Waals surface area contributed by atoms with Crippen LogP contribution in [0.1, 0.15) is 34.1 Å². The molecule has 0 aliphatic carbocycles. The number of carbonyl (C=O) groups is 1. The molecule has 5 heteroatoms. The molecule has 21 heavy (non-hydrogen) atoms. The minimum absolute atomic E-state index is 0.0968. The molecule has 5 nitrogen and oxygen atoms in total. The zero-order chi connectivity index (χ0) is 15.7. The summed E-state index contributed by atoms with van der Waals surface area (Å²) in [6.45, 7) is 3.86. The van der Waals surface area contributed by atoms with Crippen LogP contribution in [0.5, 0.6) is 5.75 Å². The number of ether oxygens (including phenoxy) is 2. The van der Waals surface area contributed by atoms with E-state index in [9.17, 15) is 9.90 Å². The summed E-state index contributed by atoms with van der Waals surface area (Å²) in [5.41, 5.74) is 4.11. The van der Waals surface area contributed by atoms with Crippen molar-refractivity contribution in [2.24, 2.45) is 7.05 Å². The van der Waals surface area contributed by atoms with Crippen molar-refractivity contribution in [2.75, 3.05) is 14.2 Å². The smallest absolute Gasteiger partial charge is 0.354 e. The van der Waals surface area contributed by atoms with E-state index in [0.29, 0.717) is 11.4 Å². The predicted octanol–water partition coefficient (Wildman–Crippen LogP) is 2.34. The highest BCUT2D eigenvalue weighted by Crippen LogP contribution is 2.37. The van der Waals surface area contributed by atoms with E-state index in [1.165, 1.54) is 7.11 Å². The van der Waals surface area contributed by atoms with Gasteiger partial charge in [0.15, 0.2) is 0 Å². The number of hydrogen-bond acceptors (Lipinski definition) is 4. The summed E-state index contributed by atoms with van der Waals surface area (Å²) in [5, 5.41) is 10.6. The second-order valence-electron chi connectivity index (χ2n) is 4.97. The quantitative estimate of drug-likeness (QED) is 0.878. The second-order valence-corrected chi connectivity index (χ2v) is 4.97. The zero-order valence-electron chi connectivity index (χ0n) is 13.1. The molecular weight excluding hydrogens is 270 g/mol. The maximum atomic E-state index is 11.9. The molecule has 0 fully saturated rings. The Morgan fingerprint density at radius 1 is 1.33 bits per heavy atom. The number of methoxy groups -OCH3 is 2. The molecule has 1 heterocycles. The number of benzene rings is 1. The number of aromatic nitrogens is 1. The molecule has 1 N–H and O–H groups in total. The van der Waals surface area contributed by atoms with Crippen molar-refractivity contribution in [2.45, 2.75) is 26.9 Å². The van der Waals surface area contributed by atoms with E-state index in [0.717, 1.165) is 34.0 Å². The number of aliphatic hydroxyl groups excluding tert-OH is 1. The highest BCUT2D eigenvalue weighted by atomic mass is 16.5. The zero-order valence-corrected chi connectivity index (χ0v) is 13.1. The van der Waals surface area contributed by atoms with Gasteiger partial charge in [-0.15, -0.1) is 0 Å². The molecule has 0 saturated heterocycles. The number of rotatable bonds is 4. The first-order valence-electron chi connectivity index (χ1n) is 6.88. The first-order valence-corrected chi connectivity index (χ1v) is 6.88. The Bertz CT molecular complexity index is 700. The standard InChI is InChI=1S/C16H21NO4/c1-6-10-14-11(7-13(17(14)3)16(19)21-5)9(2)12(8-18)15(10)20-4/h7,18H,6,8H2,1-5H3. The van der Waals surface area contributed by atoms with Gasteiger partial charge in [-0.3, -0.25) is 0 Å². The van der Waals surface area contributed by atoms with Crippen LogP contribution >= 0.6 is 0 Å². The van der Waals surface area contributed by atoms with Crippen LogP contribution in [0.3, 0.4) is 0 Å². The number of carbonyl (C=O) groups excluding carboxylic acids is 1. The third-order valence-corrected chi connectivity index (χ3v) is 4.03. The number of nitrogens with zero attached hydrogens (tertiary/aromatic N) is 1. The summed E-state index contributed by atoms with van der Waals surface area (Å²) in [5.74, 6) is 0.322. The van der Waals surface area contributed by atoms with Crippen LogP contribution in [-0.2, 0) is 24.8 Å². The van der Waals surface area contributed by atoms with Crippen molar-refractivity contribution in [1.82, 2.24) is 4.57 Å².